The maximum atomic E-state index is 12.5. The second-order valence-electron chi connectivity index (χ2n) is 9.30. The van der Waals surface area contributed by atoms with Gasteiger partial charge < -0.3 is 15.3 Å². The average Bonchev–Trinajstić information content (AvgIpc) is 2.73. The number of carbonyl (C=O) groups is 1. The van der Waals surface area contributed by atoms with Gasteiger partial charge in [0.1, 0.15) is 6.10 Å². The predicted molar refractivity (Wildman–Crippen MR) is 85.5 cm³/mol. The number of ketones is 1. The average molecular weight is 322 g/mol. The van der Waals surface area contributed by atoms with Crippen LogP contribution in [0.2, 0.25) is 0 Å². The fraction of sp³-hybridized carbons (Fsp3) is 0.947. The molecule has 4 heteroatoms. The molecule has 0 aromatic heterocycles. The van der Waals surface area contributed by atoms with E-state index in [0.29, 0.717) is 18.3 Å². The van der Waals surface area contributed by atoms with E-state index in [4.69, 9.17) is 0 Å². The molecule has 4 aliphatic rings. The standard InChI is InChI=1S/C19H30O4/c1-18-5-3-11(20)7-10(18)8-14(21)16-12(18)4-6-19(2)13(16)9-15(22)17(19)23/h10-16,20-22H,3-9H2,1-2H3/t10?,11?,12-,13+,14?,15?,16-,18+,19+/m1/s1. The van der Waals surface area contributed by atoms with E-state index in [1.165, 1.54) is 0 Å². The summed E-state index contributed by atoms with van der Waals surface area (Å²) in [7, 11) is 0. The van der Waals surface area contributed by atoms with Crippen molar-refractivity contribution in [2.75, 3.05) is 0 Å². The first-order valence-electron chi connectivity index (χ1n) is 9.36. The minimum atomic E-state index is -0.838. The summed E-state index contributed by atoms with van der Waals surface area (Å²) in [5.74, 6) is 1.04. The van der Waals surface area contributed by atoms with Crippen LogP contribution in [0, 0.1) is 34.5 Å². The summed E-state index contributed by atoms with van der Waals surface area (Å²) in [6.07, 6.45) is 4.30. The highest BCUT2D eigenvalue weighted by Crippen LogP contribution is 2.65. The Morgan fingerprint density at radius 2 is 1.70 bits per heavy atom. The Morgan fingerprint density at radius 3 is 2.43 bits per heavy atom. The van der Waals surface area contributed by atoms with Crippen molar-refractivity contribution in [1.82, 2.24) is 0 Å². The summed E-state index contributed by atoms with van der Waals surface area (Å²) in [4.78, 5) is 12.5. The lowest BCUT2D eigenvalue weighted by Crippen LogP contribution is -2.58. The van der Waals surface area contributed by atoms with Crippen molar-refractivity contribution in [1.29, 1.82) is 0 Å². The largest absolute Gasteiger partial charge is 0.393 e. The van der Waals surface area contributed by atoms with Crippen LogP contribution in [0.15, 0.2) is 0 Å². The lowest BCUT2D eigenvalue weighted by molar-refractivity contribution is -0.171. The smallest absolute Gasteiger partial charge is 0.167 e. The Kier molecular flexibility index (Phi) is 3.51. The molecule has 4 rings (SSSR count). The topological polar surface area (TPSA) is 77.8 Å². The number of Topliss-reactive ketones (excluding diaryl/α,β-unsaturated/α-hetero) is 1. The number of rotatable bonds is 0. The Bertz CT molecular complexity index is 519. The van der Waals surface area contributed by atoms with E-state index in [1.807, 2.05) is 6.92 Å². The predicted octanol–water partition coefficient (Wildman–Crippen LogP) is 1.90. The molecule has 0 aliphatic heterocycles. The first-order chi connectivity index (χ1) is 10.8. The summed E-state index contributed by atoms with van der Waals surface area (Å²) < 4.78 is 0. The quantitative estimate of drug-likeness (QED) is 0.636. The Hall–Kier alpha value is -0.450. The summed E-state index contributed by atoms with van der Waals surface area (Å²) >= 11 is 0. The Morgan fingerprint density at radius 1 is 0.957 bits per heavy atom. The van der Waals surface area contributed by atoms with Crippen LogP contribution in [0.1, 0.15) is 58.8 Å². The van der Waals surface area contributed by atoms with Gasteiger partial charge in [-0.15, -0.1) is 0 Å². The third-order valence-corrected chi connectivity index (χ3v) is 8.39. The molecule has 4 unspecified atom stereocenters. The number of carbonyl (C=O) groups excluding carboxylic acids is 1. The van der Waals surface area contributed by atoms with E-state index < -0.39 is 17.6 Å². The summed E-state index contributed by atoms with van der Waals surface area (Å²) in [5.41, 5.74) is -0.278. The molecule has 0 spiro atoms. The molecular weight excluding hydrogens is 292 g/mol. The monoisotopic (exact) mass is 322 g/mol. The first kappa shape index (κ1) is 16.0. The molecule has 4 fully saturated rings. The zero-order valence-electron chi connectivity index (χ0n) is 14.2. The molecule has 9 atom stereocenters. The third kappa shape index (κ3) is 2.04. The molecule has 0 aromatic rings. The number of hydrogen-bond acceptors (Lipinski definition) is 4. The van der Waals surface area contributed by atoms with Crippen LogP contribution in [0.3, 0.4) is 0 Å². The van der Waals surface area contributed by atoms with E-state index in [0.717, 1.165) is 38.5 Å². The van der Waals surface area contributed by atoms with Crippen molar-refractivity contribution in [3.63, 3.8) is 0 Å². The molecule has 130 valence electrons. The van der Waals surface area contributed by atoms with Crippen molar-refractivity contribution >= 4 is 5.78 Å². The van der Waals surface area contributed by atoms with Gasteiger partial charge in [-0.25, -0.2) is 0 Å². The highest BCUT2D eigenvalue weighted by molar-refractivity contribution is 5.91. The molecule has 3 N–H and O–H groups in total. The van der Waals surface area contributed by atoms with E-state index in [1.54, 1.807) is 0 Å². The first-order valence-corrected chi connectivity index (χ1v) is 9.36. The minimum absolute atomic E-state index is 0.000470. The highest BCUT2D eigenvalue weighted by atomic mass is 16.3. The van der Waals surface area contributed by atoms with Crippen molar-refractivity contribution in [2.24, 2.45) is 34.5 Å². The minimum Gasteiger partial charge on any atom is -0.393 e. The van der Waals surface area contributed by atoms with Crippen LogP contribution in [-0.4, -0.2) is 39.4 Å². The zero-order chi connectivity index (χ0) is 16.6. The lowest BCUT2D eigenvalue weighted by atomic mass is 9.44. The van der Waals surface area contributed by atoms with Gasteiger partial charge in [0.25, 0.3) is 0 Å². The van der Waals surface area contributed by atoms with Gasteiger partial charge in [0.15, 0.2) is 5.78 Å². The summed E-state index contributed by atoms with van der Waals surface area (Å²) in [6.45, 7) is 4.36. The van der Waals surface area contributed by atoms with E-state index >= 15 is 0 Å². The molecule has 0 bridgehead atoms. The van der Waals surface area contributed by atoms with Crippen LogP contribution in [0.4, 0.5) is 0 Å². The molecule has 4 aliphatic carbocycles. The van der Waals surface area contributed by atoms with Gasteiger partial charge in [-0.3, -0.25) is 4.79 Å². The van der Waals surface area contributed by atoms with Gasteiger partial charge in [-0.1, -0.05) is 13.8 Å². The molecule has 0 aromatic carbocycles. The Balaban J connectivity index is 1.69. The number of aliphatic hydroxyl groups is 3. The van der Waals surface area contributed by atoms with Crippen LogP contribution in [0.5, 0.6) is 0 Å². The van der Waals surface area contributed by atoms with Crippen LogP contribution in [-0.2, 0) is 4.79 Å². The molecule has 0 saturated heterocycles. The number of fused-ring (bicyclic) bond motifs is 5. The third-order valence-electron chi connectivity index (χ3n) is 8.39. The maximum absolute atomic E-state index is 12.5. The lowest BCUT2D eigenvalue weighted by Gasteiger charge is -2.61. The highest BCUT2D eigenvalue weighted by Gasteiger charge is 2.64. The van der Waals surface area contributed by atoms with E-state index in [2.05, 4.69) is 6.92 Å². The molecule has 0 heterocycles. The summed E-state index contributed by atoms with van der Waals surface area (Å²) in [6, 6.07) is 0. The van der Waals surface area contributed by atoms with Gasteiger partial charge >= 0.3 is 0 Å². The molecule has 0 radical (unpaired) electrons. The normalized spacial score (nSPS) is 59.2. The van der Waals surface area contributed by atoms with Crippen LogP contribution >= 0.6 is 0 Å². The molecule has 4 nitrogen and oxygen atoms in total. The SMILES string of the molecule is C[C@]12CCC(O)CC1CC(O)[C@@H]1[C@H]2CC[C@]2(C)C(=O)C(O)C[C@@H]12. The van der Waals surface area contributed by atoms with Crippen molar-refractivity contribution < 1.29 is 20.1 Å². The van der Waals surface area contributed by atoms with Gasteiger partial charge in [0.2, 0.25) is 0 Å². The van der Waals surface area contributed by atoms with Gasteiger partial charge in [-0.05, 0) is 74.0 Å². The van der Waals surface area contributed by atoms with Crippen molar-refractivity contribution in [3.8, 4) is 0 Å². The molecule has 0 amide bonds. The van der Waals surface area contributed by atoms with E-state index in [-0.39, 0.29) is 29.1 Å². The Labute approximate surface area is 138 Å². The maximum Gasteiger partial charge on any atom is 0.167 e. The zero-order valence-corrected chi connectivity index (χ0v) is 14.2. The van der Waals surface area contributed by atoms with Crippen LogP contribution in [0.25, 0.3) is 0 Å². The van der Waals surface area contributed by atoms with Gasteiger partial charge in [0, 0.05) is 5.41 Å². The van der Waals surface area contributed by atoms with E-state index in [9.17, 15) is 20.1 Å². The second-order valence-corrected chi connectivity index (χ2v) is 9.30. The molecule has 23 heavy (non-hydrogen) atoms. The molecular formula is C19H30O4. The number of hydrogen-bond donors (Lipinski definition) is 3. The summed E-state index contributed by atoms with van der Waals surface area (Å²) in [5, 5.41) is 31.1. The number of aliphatic hydroxyl groups excluding tert-OH is 3. The van der Waals surface area contributed by atoms with Gasteiger partial charge in [-0.2, -0.15) is 0 Å². The second kappa shape index (κ2) is 5.03. The van der Waals surface area contributed by atoms with Gasteiger partial charge in [0.05, 0.1) is 12.2 Å². The van der Waals surface area contributed by atoms with Crippen molar-refractivity contribution in [3.05, 3.63) is 0 Å². The van der Waals surface area contributed by atoms with Crippen molar-refractivity contribution in [2.45, 2.75) is 77.1 Å². The molecule has 4 saturated carbocycles. The fourth-order valence-electron chi connectivity index (χ4n) is 6.99. The van der Waals surface area contributed by atoms with Crippen LogP contribution < -0.4 is 0 Å². The fourth-order valence-corrected chi connectivity index (χ4v) is 6.99.